The lowest BCUT2D eigenvalue weighted by Crippen LogP contribution is -2.31. The number of rotatable bonds is 4. The molecular weight excluding hydrogens is 325 g/mol. The topological polar surface area (TPSA) is 85.0 Å². The summed E-state index contributed by atoms with van der Waals surface area (Å²) in [5.74, 6) is 0.116. The van der Waals surface area contributed by atoms with Crippen LogP contribution in [0, 0.1) is 12.7 Å². The maximum atomic E-state index is 13.9. The second-order valence-electron chi connectivity index (χ2n) is 5.73. The highest BCUT2D eigenvalue weighted by Crippen LogP contribution is 2.30. The molecule has 0 radical (unpaired) electrons. The highest BCUT2D eigenvalue weighted by Gasteiger charge is 2.19. The van der Waals surface area contributed by atoms with E-state index in [2.05, 4.69) is 20.9 Å². The molecule has 0 fully saturated rings. The Morgan fingerprint density at radius 1 is 1.36 bits per heavy atom. The second kappa shape index (κ2) is 6.76. The third-order valence-corrected chi connectivity index (χ3v) is 3.85. The van der Waals surface area contributed by atoms with Gasteiger partial charge in [-0.05, 0) is 26.0 Å². The molecule has 3 aromatic rings. The Bertz CT molecular complexity index is 902. The number of nitrogens with zero attached hydrogens (tertiary/aromatic N) is 3. The average molecular weight is 343 g/mol. The van der Waals surface area contributed by atoms with Gasteiger partial charge in [0.25, 0.3) is 0 Å². The van der Waals surface area contributed by atoms with Crippen LogP contribution in [-0.2, 0) is 7.05 Å². The van der Waals surface area contributed by atoms with E-state index >= 15 is 0 Å². The van der Waals surface area contributed by atoms with Crippen LogP contribution in [0.1, 0.15) is 24.1 Å². The van der Waals surface area contributed by atoms with Crippen LogP contribution < -0.4 is 10.6 Å². The van der Waals surface area contributed by atoms with Crippen molar-refractivity contribution in [3.63, 3.8) is 0 Å². The van der Waals surface area contributed by atoms with Crippen molar-refractivity contribution in [2.45, 2.75) is 19.9 Å². The van der Waals surface area contributed by atoms with Crippen molar-refractivity contribution >= 4 is 11.8 Å². The monoisotopic (exact) mass is 343 g/mol. The summed E-state index contributed by atoms with van der Waals surface area (Å²) in [5.41, 5.74) is 1.72. The van der Waals surface area contributed by atoms with Crippen molar-refractivity contribution < 1.29 is 13.7 Å². The lowest BCUT2D eigenvalue weighted by molar-refractivity contribution is 0.249. The predicted molar refractivity (Wildman–Crippen MR) is 90.4 cm³/mol. The van der Waals surface area contributed by atoms with E-state index in [-0.39, 0.29) is 17.6 Å². The van der Waals surface area contributed by atoms with Crippen LogP contribution in [0.15, 0.2) is 41.2 Å². The number of anilines is 1. The molecule has 8 heteroatoms. The van der Waals surface area contributed by atoms with Gasteiger partial charge in [0, 0.05) is 24.4 Å². The van der Waals surface area contributed by atoms with E-state index in [0.29, 0.717) is 11.1 Å². The fourth-order valence-corrected chi connectivity index (χ4v) is 2.44. The van der Waals surface area contributed by atoms with Gasteiger partial charge in [-0.3, -0.25) is 10.00 Å². The Morgan fingerprint density at radius 2 is 2.12 bits per heavy atom. The van der Waals surface area contributed by atoms with Gasteiger partial charge >= 0.3 is 6.03 Å². The number of halogens is 1. The number of hydrogen-bond donors (Lipinski definition) is 2. The molecule has 2 aromatic heterocycles. The van der Waals surface area contributed by atoms with Crippen molar-refractivity contribution in [2.75, 3.05) is 5.32 Å². The molecule has 1 aromatic carbocycles. The minimum absolute atomic E-state index is 0.230. The highest BCUT2D eigenvalue weighted by atomic mass is 19.1. The maximum Gasteiger partial charge on any atom is 0.320 e. The number of amides is 2. The van der Waals surface area contributed by atoms with E-state index in [0.717, 1.165) is 5.56 Å². The predicted octanol–water partition coefficient (Wildman–Crippen LogP) is 3.41. The summed E-state index contributed by atoms with van der Waals surface area (Å²) in [7, 11) is 1.80. The SMILES string of the molecule is Cc1c(NC(=O)N[C@@H](C)c2cnn(C)c2)noc1-c1ccccc1F. The molecule has 3 rings (SSSR count). The summed E-state index contributed by atoms with van der Waals surface area (Å²) in [6.07, 6.45) is 3.51. The number of aromatic nitrogens is 3. The summed E-state index contributed by atoms with van der Waals surface area (Å²) in [6, 6.07) is 5.57. The minimum Gasteiger partial charge on any atom is -0.354 e. The quantitative estimate of drug-likeness (QED) is 0.760. The first-order valence-corrected chi connectivity index (χ1v) is 7.73. The Labute approximate surface area is 143 Å². The molecule has 0 saturated heterocycles. The standard InChI is InChI=1S/C17H18FN5O2/c1-10-15(13-6-4-5-7-14(13)18)25-22-16(10)21-17(24)20-11(2)12-8-19-23(3)9-12/h4-9,11H,1-3H3,(H2,20,21,22,24)/t11-/m0/s1. The van der Waals surface area contributed by atoms with Crippen molar-refractivity contribution in [2.24, 2.45) is 7.05 Å². The van der Waals surface area contributed by atoms with Crippen molar-refractivity contribution in [3.05, 3.63) is 53.6 Å². The summed E-state index contributed by atoms with van der Waals surface area (Å²) in [4.78, 5) is 12.2. The van der Waals surface area contributed by atoms with Gasteiger partial charge in [-0.15, -0.1) is 0 Å². The summed E-state index contributed by atoms with van der Waals surface area (Å²) in [6.45, 7) is 3.55. The third kappa shape index (κ3) is 3.52. The summed E-state index contributed by atoms with van der Waals surface area (Å²) in [5, 5.41) is 13.3. The maximum absolute atomic E-state index is 13.9. The number of urea groups is 1. The Hall–Kier alpha value is -3.16. The smallest absolute Gasteiger partial charge is 0.320 e. The molecule has 1 atom stereocenters. The molecule has 0 spiro atoms. The molecular formula is C17H18FN5O2. The molecule has 2 amide bonds. The normalized spacial score (nSPS) is 12.0. The number of carbonyl (C=O) groups excluding carboxylic acids is 1. The van der Waals surface area contributed by atoms with Crippen LogP contribution >= 0.6 is 0 Å². The average Bonchev–Trinajstić information content (AvgIpc) is 3.15. The van der Waals surface area contributed by atoms with E-state index < -0.39 is 11.8 Å². The molecule has 7 nitrogen and oxygen atoms in total. The largest absolute Gasteiger partial charge is 0.354 e. The first-order valence-electron chi connectivity index (χ1n) is 7.73. The van der Waals surface area contributed by atoms with Crippen LogP contribution in [0.2, 0.25) is 0 Å². The number of aryl methyl sites for hydroxylation is 1. The number of nitrogens with one attached hydrogen (secondary N) is 2. The zero-order valence-corrected chi connectivity index (χ0v) is 14.1. The lowest BCUT2D eigenvalue weighted by atomic mass is 10.1. The minimum atomic E-state index is -0.437. The van der Waals surface area contributed by atoms with E-state index in [4.69, 9.17) is 4.52 Å². The van der Waals surface area contributed by atoms with Gasteiger partial charge in [-0.1, -0.05) is 17.3 Å². The molecule has 0 aliphatic rings. The van der Waals surface area contributed by atoms with Crippen molar-refractivity contribution in [3.8, 4) is 11.3 Å². The molecule has 0 saturated carbocycles. The van der Waals surface area contributed by atoms with Crippen LogP contribution in [-0.4, -0.2) is 21.0 Å². The molecule has 0 unspecified atom stereocenters. The molecule has 0 aliphatic carbocycles. The van der Waals surface area contributed by atoms with Gasteiger partial charge in [0.15, 0.2) is 11.6 Å². The zero-order valence-electron chi connectivity index (χ0n) is 14.1. The molecule has 0 bridgehead atoms. The van der Waals surface area contributed by atoms with E-state index in [1.54, 1.807) is 43.0 Å². The number of hydrogen-bond acceptors (Lipinski definition) is 4. The fraction of sp³-hybridized carbons (Fsp3) is 0.235. The van der Waals surface area contributed by atoms with Crippen LogP contribution in [0.4, 0.5) is 15.0 Å². The van der Waals surface area contributed by atoms with Crippen LogP contribution in [0.25, 0.3) is 11.3 Å². The molecule has 0 aliphatic heterocycles. The van der Waals surface area contributed by atoms with Crippen LogP contribution in [0.3, 0.4) is 0 Å². The Balaban J connectivity index is 1.71. The fourth-order valence-electron chi connectivity index (χ4n) is 2.44. The first kappa shape index (κ1) is 16.7. The summed E-state index contributed by atoms with van der Waals surface area (Å²) < 4.78 is 20.8. The van der Waals surface area contributed by atoms with Crippen molar-refractivity contribution in [1.29, 1.82) is 0 Å². The van der Waals surface area contributed by atoms with E-state index in [1.807, 2.05) is 13.1 Å². The third-order valence-electron chi connectivity index (χ3n) is 3.85. The molecule has 2 heterocycles. The van der Waals surface area contributed by atoms with Gasteiger partial charge in [0.1, 0.15) is 5.82 Å². The van der Waals surface area contributed by atoms with E-state index in [1.165, 1.54) is 6.07 Å². The second-order valence-corrected chi connectivity index (χ2v) is 5.73. The van der Waals surface area contributed by atoms with Gasteiger partial charge in [0.05, 0.1) is 17.8 Å². The first-order chi connectivity index (χ1) is 12.0. The van der Waals surface area contributed by atoms with Gasteiger partial charge in [-0.2, -0.15) is 5.10 Å². The summed E-state index contributed by atoms with van der Waals surface area (Å²) >= 11 is 0. The van der Waals surface area contributed by atoms with Gasteiger partial charge in [0.2, 0.25) is 0 Å². The molecule has 25 heavy (non-hydrogen) atoms. The number of carbonyl (C=O) groups is 1. The van der Waals surface area contributed by atoms with Crippen LogP contribution in [0.5, 0.6) is 0 Å². The Kier molecular flexibility index (Phi) is 4.51. The number of benzene rings is 1. The molecule has 2 N–H and O–H groups in total. The van der Waals surface area contributed by atoms with Gasteiger partial charge in [-0.25, -0.2) is 9.18 Å². The zero-order chi connectivity index (χ0) is 18.0. The van der Waals surface area contributed by atoms with E-state index in [9.17, 15) is 9.18 Å². The van der Waals surface area contributed by atoms with Gasteiger partial charge < -0.3 is 9.84 Å². The lowest BCUT2D eigenvalue weighted by Gasteiger charge is -2.12. The van der Waals surface area contributed by atoms with Crippen molar-refractivity contribution in [1.82, 2.24) is 20.3 Å². The Morgan fingerprint density at radius 3 is 2.80 bits per heavy atom. The molecule has 130 valence electrons. The highest BCUT2D eigenvalue weighted by molar-refractivity contribution is 5.90.